The average Bonchev–Trinajstić information content (AvgIpc) is 3.45. The molecule has 142 valence electrons. The zero-order valence-corrected chi connectivity index (χ0v) is 15.9. The van der Waals surface area contributed by atoms with Crippen LogP contribution in [0.4, 0.5) is 0 Å². The Morgan fingerprint density at radius 2 is 1.96 bits per heavy atom. The summed E-state index contributed by atoms with van der Waals surface area (Å²) in [7, 11) is 0. The second-order valence-electron chi connectivity index (χ2n) is 7.74. The molecule has 0 spiro atoms. The number of rotatable bonds is 5. The number of amides is 2. The van der Waals surface area contributed by atoms with Gasteiger partial charge in [-0.1, -0.05) is 30.3 Å². The highest BCUT2D eigenvalue weighted by Gasteiger charge is 2.36. The number of carbonyl (C=O) groups excluding carboxylic acids is 2. The fraction of sp³-hybridized carbons (Fsp3) is 0.476. The van der Waals surface area contributed by atoms with Crippen molar-refractivity contribution in [3.8, 4) is 0 Å². The number of aromatic nitrogens is 2. The molecule has 1 aliphatic carbocycles. The van der Waals surface area contributed by atoms with Crippen LogP contribution >= 0.6 is 0 Å². The average molecular weight is 366 g/mol. The Balaban J connectivity index is 1.54. The second kappa shape index (κ2) is 7.18. The Morgan fingerprint density at radius 3 is 2.63 bits per heavy atom. The first-order valence-electron chi connectivity index (χ1n) is 9.75. The number of benzene rings is 1. The van der Waals surface area contributed by atoms with Gasteiger partial charge in [0.1, 0.15) is 0 Å². The summed E-state index contributed by atoms with van der Waals surface area (Å²) in [6.45, 7) is 5.84. The third kappa shape index (κ3) is 3.61. The third-order valence-corrected chi connectivity index (χ3v) is 5.31. The van der Waals surface area contributed by atoms with Crippen molar-refractivity contribution < 1.29 is 9.59 Å². The highest BCUT2D eigenvalue weighted by Crippen LogP contribution is 2.33. The van der Waals surface area contributed by atoms with Gasteiger partial charge in [0.05, 0.1) is 12.2 Å². The second-order valence-corrected chi connectivity index (χ2v) is 7.74. The molecule has 0 bridgehead atoms. The van der Waals surface area contributed by atoms with E-state index in [1.54, 1.807) is 0 Å². The molecular formula is C21H26N4O2. The molecule has 6 heteroatoms. The standard InChI is InChI=1S/C21H26N4O2/c1-14(2)25-18-10-11-24(21(27)16-8-9-16)13-17(18)23-19(25)20(26)22-12-15-6-4-3-5-7-15/h3-7,14,16H,8-13H2,1-2H3,(H,22,26). The highest BCUT2D eigenvalue weighted by molar-refractivity contribution is 5.91. The molecule has 27 heavy (non-hydrogen) atoms. The van der Waals surface area contributed by atoms with Crippen LogP contribution in [-0.4, -0.2) is 32.8 Å². The van der Waals surface area contributed by atoms with Crippen molar-refractivity contribution in [3.05, 3.63) is 53.1 Å². The minimum atomic E-state index is -0.165. The van der Waals surface area contributed by atoms with Gasteiger partial charge in [-0.3, -0.25) is 9.59 Å². The van der Waals surface area contributed by atoms with Crippen LogP contribution in [0, 0.1) is 5.92 Å². The van der Waals surface area contributed by atoms with Gasteiger partial charge in [-0.25, -0.2) is 4.98 Å². The summed E-state index contributed by atoms with van der Waals surface area (Å²) >= 11 is 0. The maximum Gasteiger partial charge on any atom is 0.287 e. The number of imidazole rings is 1. The Kier molecular flexibility index (Phi) is 4.72. The molecule has 1 aromatic carbocycles. The molecule has 0 saturated heterocycles. The lowest BCUT2D eigenvalue weighted by Gasteiger charge is -2.28. The fourth-order valence-electron chi connectivity index (χ4n) is 3.76. The van der Waals surface area contributed by atoms with E-state index in [1.807, 2.05) is 39.8 Å². The lowest BCUT2D eigenvalue weighted by molar-refractivity contribution is -0.133. The van der Waals surface area contributed by atoms with Gasteiger partial charge < -0.3 is 14.8 Å². The molecule has 2 amide bonds. The van der Waals surface area contributed by atoms with Gasteiger partial charge in [0.2, 0.25) is 5.91 Å². The summed E-state index contributed by atoms with van der Waals surface area (Å²) in [5.74, 6) is 0.746. The van der Waals surface area contributed by atoms with Crippen LogP contribution in [0.3, 0.4) is 0 Å². The monoisotopic (exact) mass is 366 g/mol. The lowest BCUT2D eigenvalue weighted by Crippen LogP contribution is -2.37. The number of nitrogens with one attached hydrogen (secondary N) is 1. The number of nitrogens with zero attached hydrogens (tertiary/aromatic N) is 3. The van der Waals surface area contributed by atoms with E-state index in [9.17, 15) is 9.59 Å². The van der Waals surface area contributed by atoms with Crippen molar-refractivity contribution in [2.75, 3.05) is 6.54 Å². The van der Waals surface area contributed by atoms with Gasteiger partial charge in [0, 0.05) is 37.2 Å². The number of fused-ring (bicyclic) bond motifs is 1. The molecule has 1 aliphatic heterocycles. The highest BCUT2D eigenvalue weighted by atomic mass is 16.2. The molecule has 1 fully saturated rings. The van der Waals surface area contributed by atoms with Crippen molar-refractivity contribution in [2.24, 2.45) is 5.92 Å². The van der Waals surface area contributed by atoms with Crippen molar-refractivity contribution >= 4 is 11.8 Å². The number of carbonyl (C=O) groups is 2. The van der Waals surface area contributed by atoms with E-state index in [2.05, 4.69) is 24.1 Å². The number of hydrogen-bond acceptors (Lipinski definition) is 3. The first-order valence-corrected chi connectivity index (χ1v) is 9.75. The molecule has 2 aromatic rings. The molecule has 4 rings (SSSR count). The molecule has 6 nitrogen and oxygen atoms in total. The molecule has 0 unspecified atom stereocenters. The smallest absolute Gasteiger partial charge is 0.287 e. The predicted octanol–water partition coefficient (Wildman–Crippen LogP) is 2.69. The number of hydrogen-bond donors (Lipinski definition) is 1. The van der Waals surface area contributed by atoms with E-state index in [0.29, 0.717) is 25.5 Å². The maximum atomic E-state index is 12.8. The van der Waals surface area contributed by atoms with Gasteiger partial charge in [0.25, 0.3) is 5.91 Å². The van der Waals surface area contributed by atoms with E-state index in [4.69, 9.17) is 0 Å². The summed E-state index contributed by atoms with van der Waals surface area (Å²) in [6.07, 6.45) is 2.77. The molecule has 0 atom stereocenters. The first-order chi connectivity index (χ1) is 13.0. The van der Waals surface area contributed by atoms with Gasteiger partial charge in [-0.15, -0.1) is 0 Å². The van der Waals surface area contributed by atoms with Crippen molar-refractivity contribution in [2.45, 2.75) is 52.2 Å². The van der Waals surface area contributed by atoms with Crippen LogP contribution < -0.4 is 5.32 Å². The molecule has 1 aromatic heterocycles. The summed E-state index contributed by atoms with van der Waals surface area (Å²) in [5, 5.41) is 2.98. The lowest BCUT2D eigenvalue weighted by atomic mass is 10.1. The summed E-state index contributed by atoms with van der Waals surface area (Å²) < 4.78 is 2.04. The minimum absolute atomic E-state index is 0.143. The Labute approximate surface area is 159 Å². The largest absolute Gasteiger partial charge is 0.345 e. The van der Waals surface area contributed by atoms with E-state index in [0.717, 1.165) is 36.2 Å². The van der Waals surface area contributed by atoms with Gasteiger partial charge in [-0.2, -0.15) is 0 Å². The van der Waals surface area contributed by atoms with Crippen LogP contribution in [0.25, 0.3) is 0 Å². The molecule has 1 saturated carbocycles. The summed E-state index contributed by atoms with van der Waals surface area (Å²) in [6, 6.07) is 9.99. The van der Waals surface area contributed by atoms with Crippen molar-refractivity contribution in [1.82, 2.24) is 19.8 Å². The predicted molar refractivity (Wildman–Crippen MR) is 102 cm³/mol. The van der Waals surface area contributed by atoms with Crippen molar-refractivity contribution in [1.29, 1.82) is 0 Å². The molecule has 1 N–H and O–H groups in total. The Bertz CT molecular complexity index is 853. The first kappa shape index (κ1) is 17.8. The van der Waals surface area contributed by atoms with Crippen LogP contribution in [0.15, 0.2) is 30.3 Å². The van der Waals surface area contributed by atoms with Gasteiger partial charge in [-0.05, 0) is 32.3 Å². The Morgan fingerprint density at radius 1 is 1.22 bits per heavy atom. The van der Waals surface area contributed by atoms with E-state index in [-0.39, 0.29) is 23.8 Å². The third-order valence-electron chi connectivity index (χ3n) is 5.31. The summed E-state index contributed by atoms with van der Waals surface area (Å²) in [4.78, 5) is 31.8. The van der Waals surface area contributed by atoms with E-state index < -0.39 is 0 Å². The molecule has 2 aliphatic rings. The maximum absolute atomic E-state index is 12.8. The quantitative estimate of drug-likeness (QED) is 0.885. The normalized spacial score (nSPS) is 16.3. The molecule has 0 radical (unpaired) electrons. The zero-order chi connectivity index (χ0) is 19.0. The Hall–Kier alpha value is -2.63. The van der Waals surface area contributed by atoms with Crippen LogP contribution in [0.1, 0.15) is 60.3 Å². The fourth-order valence-corrected chi connectivity index (χ4v) is 3.76. The summed E-state index contributed by atoms with van der Waals surface area (Å²) in [5.41, 5.74) is 3.02. The van der Waals surface area contributed by atoms with E-state index >= 15 is 0 Å². The van der Waals surface area contributed by atoms with Gasteiger partial charge >= 0.3 is 0 Å². The van der Waals surface area contributed by atoms with Crippen molar-refractivity contribution in [3.63, 3.8) is 0 Å². The van der Waals surface area contributed by atoms with Gasteiger partial charge in [0.15, 0.2) is 5.82 Å². The minimum Gasteiger partial charge on any atom is -0.345 e. The molecular weight excluding hydrogens is 340 g/mol. The van der Waals surface area contributed by atoms with Crippen LogP contribution in [-0.2, 0) is 24.3 Å². The molecule has 2 heterocycles. The topological polar surface area (TPSA) is 67.2 Å². The SMILES string of the molecule is CC(C)n1c(C(=O)NCc2ccccc2)nc2c1CCN(C(=O)C1CC1)C2. The van der Waals surface area contributed by atoms with E-state index in [1.165, 1.54) is 0 Å². The van der Waals surface area contributed by atoms with Crippen LogP contribution in [0.2, 0.25) is 0 Å². The van der Waals surface area contributed by atoms with Crippen LogP contribution in [0.5, 0.6) is 0 Å². The zero-order valence-electron chi connectivity index (χ0n) is 15.9.